The van der Waals surface area contributed by atoms with Gasteiger partial charge in [0.1, 0.15) is 18.9 Å². The number of hydrogen-bond donors (Lipinski definition) is 6. The first-order valence-corrected chi connectivity index (χ1v) is 10.5. The van der Waals surface area contributed by atoms with Crippen LogP contribution in [0.4, 0.5) is 0 Å². The Morgan fingerprint density at radius 1 is 0.606 bits per heavy atom. The van der Waals surface area contributed by atoms with E-state index < -0.39 is 34.5 Å². The van der Waals surface area contributed by atoms with Gasteiger partial charge in [0.25, 0.3) is 0 Å². The standard InChI is InChI=1S/C24H15BBrNO6/c25-15-16(26)13-14-18(22(31)24(33)23(32)19(14)28)27(17(13)21(30)20(15)29)12-9-5-4-8-11(12)10-6-2-1-3-7-10/h1-9,28-33H. The number of phenols is 6. The molecule has 7 nitrogen and oxygen atoms in total. The summed E-state index contributed by atoms with van der Waals surface area (Å²) in [7, 11) is 5.94. The van der Waals surface area contributed by atoms with E-state index in [4.69, 9.17) is 7.85 Å². The molecule has 0 spiro atoms. The van der Waals surface area contributed by atoms with Crippen molar-refractivity contribution in [2.45, 2.75) is 0 Å². The number of rotatable bonds is 2. The summed E-state index contributed by atoms with van der Waals surface area (Å²) in [5.41, 5.74) is 1.63. The Hall–Kier alpha value is -3.98. The molecule has 0 saturated heterocycles. The Balaban J connectivity index is 2.11. The van der Waals surface area contributed by atoms with Crippen molar-refractivity contribution in [1.29, 1.82) is 0 Å². The molecule has 0 unspecified atom stereocenters. The molecule has 0 amide bonds. The van der Waals surface area contributed by atoms with Gasteiger partial charge in [0.2, 0.25) is 11.5 Å². The predicted octanol–water partition coefficient (Wildman–Crippen LogP) is 4.24. The van der Waals surface area contributed by atoms with Crippen molar-refractivity contribution < 1.29 is 30.6 Å². The van der Waals surface area contributed by atoms with E-state index >= 15 is 0 Å². The minimum Gasteiger partial charge on any atom is -0.505 e. The van der Waals surface area contributed by atoms with Crippen molar-refractivity contribution in [3.8, 4) is 51.3 Å². The third-order valence-corrected chi connectivity index (χ3v) is 6.52. The van der Waals surface area contributed by atoms with Crippen molar-refractivity contribution in [3.05, 3.63) is 59.1 Å². The van der Waals surface area contributed by atoms with E-state index in [9.17, 15) is 30.6 Å². The fourth-order valence-electron chi connectivity index (χ4n) is 4.17. The zero-order valence-electron chi connectivity index (χ0n) is 16.8. The highest BCUT2D eigenvalue weighted by Gasteiger charge is 2.30. The number of hydrogen-bond acceptors (Lipinski definition) is 6. The molecule has 2 radical (unpaired) electrons. The van der Waals surface area contributed by atoms with Crippen LogP contribution in [0.25, 0.3) is 38.6 Å². The molecule has 162 valence electrons. The van der Waals surface area contributed by atoms with Crippen LogP contribution in [-0.2, 0) is 0 Å². The van der Waals surface area contributed by atoms with Gasteiger partial charge in [-0.2, -0.15) is 0 Å². The van der Waals surface area contributed by atoms with Crippen molar-refractivity contribution in [2.75, 3.05) is 0 Å². The van der Waals surface area contributed by atoms with Crippen LogP contribution in [0.1, 0.15) is 0 Å². The van der Waals surface area contributed by atoms with Crippen molar-refractivity contribution in [2.24, 2.45) is 0 Å². The first kappa shape index (κ1) is 20.9. The monoisotopic (exact) mass is 503 g/mol. The third-order valence-electron chi connectivity index (χ3n) is 5.69. The van der Waals surface area contributed by atoms with Crippen LogP contribution in [0.2, 0.25) is 0 Å². The topological polar surface area (TPSA) is 126 Å². The molecule has 5 aromatic rings. The number of phenolic OH excluding ortho intramolecular Hbond substituents is 6. The zero-order chi connectivity index (χ0) is 23.6. The molecule has 0 atom stereocenters. The van der Waals surface area contributed by atoms with Gasteiger partial charge in [-0.25, -0.2) is 0 Å². The van der Waals surface area contributed by atoms with E-state index in [1.165, 1.54) is 4.57 Å². The maximum atomic E-state index is 10.9. The van der Waals surface area contributed by atoms with Crippen LogP contribution >= 0.6 is 15.9 Å². The highest BCUT2D eigenvalue weighted by molar-refractivity contribution is 9.10. The molecule has 0 aliphatic heterocycles. The van der Waals surface area contributed by atoms with Crippen LogP contribution < -0.4 is 5.46 Å². The Morgan fingerprint density at radius 2 is 1.15 bits per heavy atom. The molecule has 1 aromatic heterocycles. The second-order valence-electron chi connectivity index (χ2n) is 7.49. The van der Waals surface area contributed by atoms with E-state index in [0.717, 1.165) is 5.56 Å². The molecule has 9 heteroatoms. The van der Waals surface area contributed by atoms with E-state index in [1.54, 1.807) is 12.1 Å². The summed E-state index contributed by atoms with van der Waals surface area (Å²) >= 11 is 3.29. The molecule has 0 saturated carbocycles. The van der Waals surface area contributed by atoms with Crippen LogP contribution in [0.5, 0.6) is 34.5 Å². The second-order valence-corrected chi connectivity index (χ2v) is 8.28. The fraction of sp³-hybridized carbons (Fsp3) is 0. The molecule has 5 rings (SSSR count). The van der Waals surface area contributed by atoms with Gasteiger partial charge in [-0.15, -0.1) is 0 Å². The number of benzene rings is 4. The summed E-state index contributed by atoms with van der Waals surface area (Å²) in [4.78, 5) is 0. The predicted molar refractivity (Wildman–Crippen MR) is 129 cm³/mol. The molecule has 0 bridgehead atoms. The Morgan fingerprint density at radius 3 is 1.85 bits per heavy atom. The summed E-state index contributed by atoms with van der Waals surface area (Å²) in [5, 5.41) is 63.5. The number of halogens is 1. The summed E-state index contributed by atoms with van der Waals surface area (Å²) < 4.78 is 1.51. The van der Waals surface area contributed by atoms with E-state index in [-0.39, 0.29) is 31.7 Å². The van der Waals surface area contributed by atoms with Gasteiger partial charge in [0.05, 0.1) is 11.1 Å². The molecular formula is C24H15BBrNO6. The Kier molecular flexibility index (Phi) is 4.61. The average molecular weight is 504 g/mol. The van der Waals surface area contributed by atoms with Gasteiger partial charge in [0, 0.05) is 15.4 Å². The summed E-state index contributed by atoms with van der Waals surface area (Å²) in [6, 6.07) is 16.4. The van der Waals surface area contributed by atoms with Crippen molar-refractivity contribution >= 4 is 51.0 Å². The number of fused-ring (bicyclic) bond motifs is 3. The average Bonchev–Trinajstić information content (AvgIpc) is 3.20. The first-order valence-electron chi connectivity index (χ1n) is 9.73. The van der Waals surface area contributed by atoms with E-state index in [2.05, 4.69) is 15.9 Å². The Labute approximate surface area is 196 Å². The second kappa shape index (κ2) is 7.28. The van der Waals surface area contributed by atoms with Crippen LogP contribution in [0, 0.1) is 0 Å². The summed E-state index contributed by atoms with van der Waals surface area (Å²) in [5.74, 6) is -4.55. The number of aromatic hydroxyl groups is 6. The van der Waals surface area contributed by atoms with Gasteiger partial charge < -0.3 is 35.2 Å². The van der Waals surface area contributed by atoms with E-state index in [0.29, 0.717) is 11.3 Å². The minimum absolute atomic E-state index is 0.0115. The molecule has 4 aromatic carbocycles. The largest absolute Gasteiger partial charge is 0.505 e. The van der Waals surface area contributed by atoms with E-state index in [1.807, 2.05) is 42.5 Å². The molecule has 0 aliphatic rings. The summed E-state index contributed by atoms with van der Waals surface area (Å²) in [6.07, 6.45) is 0. The van der Waals surface area contributed by atoms with Gasteiger partial charge in [-0.3, -0.25) is 0 Å². The van der Waals surface area contributed by atoms with Crippen LogP contribution in [-0.4, -0.2) is 43.1 Å². The lowest BCUT2D eigenvalue weighted by Gasteiger charge is -2.16. The molecular weight excluding hydrogens is 489 g/mol. The minimum atomic E-state index is -0.937. The van der Waals surface area contributed by atoms with Gasteiger partial charge >= 0.3 is 0 Å². The summed E-state index contributed by atoms with van der Waals surface area (Å²) in [6.45, 7) is 0. The van der Waals surface area contributed by atoms with Gasteiger partial charge in [0.15, 0.2) is 23.0 Å². The molecule has 0 fully saturated rings. The lowest BCUT2D eigenvalue weighted by atomic mass is 9.92. The highest BCUT2D eigenvalue weighted by atomic mass is 79.9. The number of nitrogens with zero attached hydrogens (tertiary/aromatic N) is 1. The zero-order valence-corrected chi connectivity index (χ0v) is 18.4. The van der Waals surface area contributed by atoms with Crippen LogP contribution in [0.3, 0.4) is 0 Å². The first-order chi connectivity index (χ1) is 15.8. The SMILES string of the molecule is [B]c1c(O)c(O)c2c(c1Br)c1c(O)c(O)c(O)c(O)c1n2-c1ccccc1-c1ccccc1. The molecule has 33 heavy (non-hydrogen) atoms. The lowest BCUT2D eigenvalue weighted by Crippen LogP contribution is -2.06. The van der Waals surface area contributed by atoms with Gasteiger partial charge in [-0.05, 0) is 17.1 Å². The molecule has 0 aliphatic carbocycles. The highest BCUT2D eigenvalue weighted by Crippen LogP contribution is 2.55. The normalized spacial score (nSPS) is 11.4. The number of para-hydroxylation sites is 1. The van der Waals surface area contributed by atoms with Crippen molar-refractivity contribution in [1.82, 2.24) is 4.57 Å². The quantitative estimate of drug-likeness (QED) is 0.121. The maximum Gasteiger partial charge on any atom is 0.206 e. The van der Waals surface area contributed by atoms with Crippen molar-refractivity contribution in [3.63, 3.8) is 0 Å². The molecule has 1 heterocycles. The number of aromatic nitrogens is 1. The van der Waals surface area contributed by atoms with Gasteiger partial charge in [-0.1, -0.05) is 64.5 Å². The fourth-order valence-corrected chi connectivity index (χ4v) is 4.74. The smallest absolute Gasteiger partial charge is 0.206 e. The maximum absolute atomic E-state index is 10.9. The lowest BCUT2D eigenvalue weighted by molar-refractivity contribution is 0.350. The molecule has 6 N–H and O–H groups in total. The Bertz CT molecular complexity index is 1520. The third kappa shape index (κ3) is 2.75. The van der Waals surface area contributed by atoms with Crippen LogP contribution in [0.15, 0.2) is 59.1 Å².